The van der Waals surface area contributed by atoms with E-state index in [1.807, 2.05) is 36.4 Å². The molecule has 294 valence electrons. The molecule has 10 atom stereocenters. The van der Waals surface area contributed by atoms with Crippen LogP contribution in [0.5, 0.6) is 0 Å². The van der Waals surface area contributed by atoms with Gasteiger partial charge in [0.1, 0.15) is 36.6 Å². The van der Waals surface area contributed by atoms with Gasteiger partial charge in [0.2, 0.25) is 11.6 Å². The average Bonchev–Trinajstić information content (AvgIpc) is 3.62. The highest BCUT2D eigenvalue weighted by Crippen LogP contribution is 2.58. The summed E-state index contributed by atoms with van der Waals surface area (Å²) in [5.74, 6) is -3.13. The Kier molecular flexibility index (Phi) is 10.4. The molecule has 2 saturated carbocycles. The van der Waals surface area contributed by atoms with E-state index in [2.05, 4.69) is 84.9 Å². The first-order valence-electron chi connectivity index (χ1n) is 21.1. The van der Waals surface area contributed by atoms with Crippen LogP contribution in [0.2, 0.25) is 0 Å². The molecule has 0 aromatic heterocycles. The predicted octanol–water partition coefficient (Wildman–Crippen LogP) is 9.68. The van der Waals surface area contributed by atoms with E-state index in [1.165, 1.54) is 6.42 Å². The van der Waals surface area contributed by atoms with Gasteiger partial charge < -0.3 is 37.9 Å². The molecule has 4 aromatic rings. The highest BCUT2D eigenvalue weighted by atomic mass is 16.8. The normalized spacial score (nSPS) is 36.3. The van der Waals surface area contributed by atoms with E-state index in [1.54, 1.807) is 0 Å². The lowest BCUT2D eigenvalue weighted by atomic mass is 9.79. The Hall–Kier alpha value is -3.44. The van der Waals surface area contributed by atoms with Gasteiger partial charge in [0.05, 0.1) is 25.4 Å². The maximum Gasteiger partial charge on any atom is 0.224 e. The summed E-state index contributed by atoms with van der Waals surface area (Å²) < 4.78 is 58.6. The first-order valence-corrected chi connectivity index (χ1v) is 21.1. The molecule has 4 heterocycles. The number of hydrogen-bond acceptors (Lipinski definition) is 8. The molecule has 56 heavy (non-hydrogen) atoms. The van der Waals surface area contributed by atoms with Crippen LogP contribution >= 0.6 is 0 Å². The summed E-state index contributed by atoms with van der Waals surface area (Å²) in [7, 11) is 0. The standard InChI is InChI=1S/C48H54O8/c1-6-18-34(19-7-1)32-49-40-42-43(54-46(53-42)28-14-5-15-29-46)41(50-33-35-20-8-2-9-21-35)45-44(40)55-47(30-16-26-38(51-47)36-22-10-3-11-23-36)48(56-45)31-17-27-39(52-48)37-24-12-4-13-25-37/h1-4,6-13,18-25,38-45H,5,14-17,26-33H2/t38-,39-,40-,41-,42-,43+,44+,45+,47-,48-/m0/s1. The molecule has 10 rings (SSSR count). The molecule has 3 spiro atoms. The van der Waals surface area contributed by atoms with Crippen LogP contribution in [0.15, 0.2) is 121 Å². The van der Waals surface area contributed by atoms with Gasteiger partial charge in [-0.2, -0.15) is 0 Å². The Balaban J connectivity index is 1.08. The fourth-order valence-electron chi connectivity index (χ4n) is 10.3. The third-order valence-electron chi connectivity index (χ3n) is 13.0. The molecule has 6 aliphatic rings. The molecule has 8 nitrogen and oxygen atoms in total. The lowest BCUT2D eigenvalue weighted by molar-refractivity contribution is -0.512. The van der Waals surface area contributed by atoms with Gasteiger partial charge in [0.25, 0.3) is 0 Å². The summed E-state index contributed by atoms with van der Waals surface area (Å²) in [4.78, 5) is 0. The van der Waals surface area contributed by atoms with Crippen LogP contribution in [0, 0.1) is 0 Å². The van der Waals surface area contributed by atoms with Crippen molar-refractivity contribution in [3.05, 3.63) is 144 Å². The number of rotatable bonds is 8. The minimum absolute atomic E-state index is 0.190. The van der Waals surface area contributed by atoms with E-state index >= 15 is 0 Å². The quantitative estimate of drug-likeness (QED) is 0.176. The molecule has 0 radical (unpaired) electrons. The Labute approximate surface area is 330 Å². The van der Waals surface area contributed by atoms with Gasteiger partial charge in [-0.3, -0.25) is 0 Å². The van der Waals surface area contributed by atoms with Crippen LogP contribution in [0.3, 0.4) is 0 Å². The van der Waals surface area contributed by atoms with Crippen LogP contribution < -0.4 is 0 Å². The highest BCUT2D eigenvalue weighted by Gasteiger charge is 2.72. The van der Waals surface area contributed by atoms with Gasteiger partial charge in [0, 0.05) is 25.7 Å². The predicted molar refractivity (Wildman–Crippen MR) is 209 cm³/mol. The zero-order chi connectivity index (χ0) is 37.4. The molecule has 4 aliphatic heterocycles. The van der Waals surface area contributed by atoms with Crippen molar-refractivity contribution in [1.82, 2.24) is 0 Å². The van der Waals surface area contributed by atoms with Crippen molar-refractivity contribution in [3.63, 3.8) is 0 Å². The van der Waals surface area contributed by atoms with Gasteiger partial charge in [-0.25, -0.2) is 0 Å². The van der Waals surface area contributed by atoms with Crippen LogP contribution in [0.1, 0.15) is 105 Å². The van der Waals surface area contributed by atoms with Crippen molar-refractivity contribution in [3.8, 4) is 0 Å². The Morgan fingerprint density at radius 1 is 0.411 bits per heavy atom. The SMILES string of the molecule is c1ccc(CO[C@H]2[C@H]3OC4(CCCCC4)O[C@H]3[C@H](OCc3ccccc3)[C@H]3O[C@@]4(CCC[C@@H](c5ccccc5)O4)[C@]4(CCC[C@@H](c5ccccc5)O4)O[C@H]23)cc1. The fourth-order valence-corrected chi connectivity index (χ4v) is 10.3. The average molecular weight is 759 g/mol. The smallest absolute Gasteiger partial charge is 0.224 e. The summed E-state index contributed by atoms with van der Waals surface area (Å²) in [5, 5.41) is 0. The third kappa shape index (κ3) is 6.96. The van der Waals surface area contributed by atoms with Gasteiger partial charge in [-0.1, -0.05) is 128 Å². The van der Waals surface area contributed by atoms with E-state index in [0.29, 0.717) is 26.1 Å². The van der Waals surface area contributed by atoms with E-state index in [9.17, 15) is 0 Å². The topological polar surface area (TPSA) is 73.8 Å². The van der Waals surface area contributed by atoms with Crippen LogP contribution in [-0.2, 0) is 51.1 Å². The van der Waals surface area contributed by atoms with Crippen LogP contribution in [0.4, 0.5) is 0 Å². The summed E-state index contributed by atoms with van der Waals surface area (Å²) >= 11 is 0. The first kappa shape index (κ1) is 36.9. The second-order valence-electron chi connectivity index (χ2n) is 16.6. The first-order chi connectivity index (χ1) is 27.6. The van der Waals surface area contributed by atoms with Crippen molar-refractivity contribution in [1.29, 1.82) is 0 Å². The van der Waals surface area contributed by atoms with Crippen molar-refractivity contribution in [2.75, 3.05) is 0 Å². The zero-order valence-electron chi connectivity index (χ0n) is 32.1. The van der Waals surface area contributed by atoms with Gasteiger partial charge in [0.15, 0.2) is 5.79 Å². The van der Waals surface area contributed by atoms with Gasteiger partial charge in [-0.15, -0.1) is 0 Å². The van der Waals surface area contributed by atoms with Gasteiger partial charge in [-0.05, 0) is 60.8 Å². The Bertz CT molecular complexity index is 1740. The molecular weight excluding hydrogens is 705 g/mol. The van der Waals surface area contributed by atoms with Crippen molar-refractivity contribution in [2.24, 2.45) is 0 Å². The molecule has 0 N–H and O–H groups in total. The Morgan fingerprint density at radius 2 is 0.804 bits per heavy atom. The lowest BCUT2D eigenvalue weighted by Crippen LogP contribution is -2.77. The highest BCUT2D eigenvalue weighted by molar-refractivity contribution is 5.22. The van der Waals surface area contributed by atoms with Crippen LogP contribution in [-0.4, -0.2) is 54.0 Å². The summed E-state index contributed by atoms with van der Waals surface area (Å²) in [6, 6.07) is 41.7. The number of fused-ring (bicyclic) bond motifs is 3. The number of hydrogen-bond donors (Lipinski definition) is 0. The molecule has 0 bridgehead atoms. The summed E-state index contributed by atoms with van der Waals surface area (Å²) in [5.41, 5.74) is 4.41. The molecule has 0 amide bonds. The number of benzene rings is 4. The van der Waals surface area contributed by atoms with E-state index < -0.39 is 54.0 Å². The van der Waals surface area contributed by atoms with Crippen molar-refractivity contribution >= 4 is 0 Å². The maximum absolute atomic E-state index is 7.70. The van der Waals surface area contributed by atoms with Gasteiger partial charge >= 0.3 is 0 Å². The molecule has 2 aliphatic carbocycles. The zero-order valence-corrected chi connectivity index (χ0v) is 32.1. The largest absolute Gasteiger partial charge is 0.368 e. The molecule has 8 heteroatoms. The molecule has 0 unspecified atom stereocenters. The molecular formula is C48H54O8. The maximum atomic E-state index is 7.70. The second kappa shape index (κ2) is 15.7. The molecule has 4 saturated heterocycles. The third-order valence-corrected chi connectivity index (χ3v) is 13.0. The van der Waals surface area contributed by atoms with Crippen LogP contribution in [0.25, 0.3) is 0 Å². The fraction of sp³-hybridized carbons (Fsp3) is 0.500. The monoisotopic (exact) mass is 758 g/mol. The molecule has 6 fully saturated rings. The van der Waals surface area contributed by atoms with E-state index in [0.717, 1.165) is 73.6 Å². The molecule has 4 aromatic carbocycles. The van der Waals surface area contributed by atoms with Crippen molar-refractivity contribution < 1.29 is 37.9 Å². The van der Waals surface area contributed by atoms with E-state index in [4.69, 9.17) is 37.9 Å². The minimum Gasteiger partial charge on any atom is -0.368 e. The minimum atomic E-state index is -1.21. The van der Waals surface area contributed by atoms with E-state index in [-0.39, 0.29) is 12.2 Å². The number of ether oxygens (including phenoxy) is 8. The summed E-state index contributed by atoms with van der Waals surface area (Å²) in [6.07, 6.45) is 6.25. The van der Waals surface area contributed by atoms with Crippen molar-refractivity contribution in [2.45, 2.75) is 150 Å². The Morgan fingerprint density at radius 3 is 1.23 bits per heavy atom. The second-order valence-corrected chi connectivity index (χ2v) is 16.6. The lowest BCUT2D eigenvalue weighted by Gasteiger charge is -2.62. The summed E-state index contributed by atoms with van der Waals surface area (Å²) in [6.45, 7) is 0.789.